The molecule has 0 spiro atoms. The number of nitro groups is 1. The smallest absolute Gasteiger partial charge is 0.269 e. The van der Waals surface area contributed by atoms with Crippen LogP contribution in [0.15, 0.2) is 48.5 Å². The molecule has 0 radical (unpaired) electrons. The third-order valence-electron chi connectivity index (χ3n) is 3.59. The molecule has 4 heteroatoms. The monoisotopic (exact) mass is 284 g/mol. The Bertz CT molecular complexity index is 608. The van der Waals surface area contributed by atoms with Crippen LogP contribution in [0.1, 0.15) is 37.4 Å². The van der Waals surface area contributed by atoms with Gasteiger partial charge in [0, 0.05) is 17.8 Å². The predicted molar refractivity (Wildman–Crippen MR) is 85.6 cm³/mol. The van der Waals surface area contributed by atoms with Gasteiger partial charge in [0.15, 0.2) is 0 Å². The van der Waals surface area contributed by atoms with E-state index in [0.717, 1.165) is 24.1 Å². The molecule has 0 heterocycles. The Morgan fingerprint density at radius 1 is 1.14 bits per heavy atom. The van der Waals surface area contributed by atoms with Crippen molar-refractivity contribution < 1.29 is 4.92 Å². The molecule has 0 amide bonds. The second kappa shape index (κ2) is 6.88. The molecule has 2 aromatic rings. The molecule has 0 aliphatic carbocycles. The van der Waals surface area contributed by atoms with E-state index in [9.17, 15) is 10.1 Å². The topological polar surface area (TPSA) is 55.2 Å². The lowest BCUT2D eigenvalue weighted by Gasteiger charge is -2.19. The van der Waals surface area contributed by atoms with Crippen molar-refractivity contribution in [3.8, 4) is 0 Å². The zero-order valence-electron chi connectivity index (χ0n) is 12.4. The van der Waals surface area contributed by atoms with Crippen LogP contribution in [0.2, 0.25) is 0 Å². The molecule has 0 bridgehead atoms. The standard InChI is InChI=1S/C17H20N2O2/c1-3-13-8-10-15(11-9-13)18-17(4-2)14-6-5-7-16(12-14)19(20)21/h5-12,17-18H,3-4H2,1-2H3. The molecule has 1 N–H and O–H groups in total. The predicted octanol–water partition coefficient (Wildman–Crippen LogP) is 4.72. The molecule has 0 aliphatic heterocycles. The molecule has 0 aliphatic rings. The third-order valence-corrected chi connectivity index (χ3v) is 3.59. The first-order chi connectivity index (χ1) is 10.1. The van der Waals surface area contributed by atoms with Crippen LogP contribution in [0.4, 0.5) is 11.4 Å². The highest BCUT2D eigenvalue weighted by molar-refractivity contribution is 5.48. The number of nitrogens with one attached hydrogen (secondary N) is 1. The molecule has 1 atom stereocenters. The zero-order chi connectivity index (χ0) is 15.2. The van der Waals surface area contributed by atoms with Gasteiger partial charge >= 0.3 is 0 Å². The lowest BCUT2D eigenvalue weighted by atomic mass is 10.0. The van der Waals surface area contributed by atoms with E-state index < -0.39 is 0 Å². The van der Waals surface area contributed by atoms with Gasteiger partial charge in [-0.05, 0) is 36.1 Å². The van der Waals surface area contributed by atoms with Gasteiger partial charge in [-0.2, -0.15) is 0 Å². The van der Waals surface area contributed by atoms with Crippen molar-refractivity contribution in [3.05, 3.63) is 69.8 Å². The van der Waals surface area contributed by atoms with Crippen LogP contribution in [0, 0.1) is 10.1 Å². The molecule has 0 saturated carbocycles. The Balaban J connectivity index is 2.18. The first kappa shape index (κ1) is 15.0. The summed E-state index contributed by atoms with van der Waals surface area (Å²) in [7, 11) is 0. The lowest BCUT2D eigenvalue weighted by Crippen LogP contribution is -2.10. The van der Waals surface area contributed by atoms with Crippen molar-refractivity contribution in [1.82, 2.24) is 0 Å². The van der Waals surface area contributed by atoms with Crippen molar-refractivity contribution in [3.63, 3.8) is 0 Å². The Morgan fingerprint density at radius 2 is 1.86 bits per heavy atom. The number of hydrogen-bond acceptors (Lipinski definition) is 3. The summed E-state index contributed by atoms with van der Waals surface area (Å²) in [5, 5.41) is 14.3. The van der Waals surface area contributed by atoms with Crippen LogP contribution >= 0.6 is 0 Å². The van der Waals surface area contributed by atoms with Crippen molar-refractivity contribution >= 4 is 11.4 Å². The number of rotatable bonds is 6. The molecule has 0 aromatic heterocycles. The number of aryl methyl sites for hydroxylation is 1. The molecule has 0 saturated heterocycles. The second-order valence-electron chi connectivity index (χ2n) is 5.01. The van der Waals surface area contributed by atoms with Gasteiger partial charge in [0.25, 0.3) is 5.69 Å². The first-order valence-electron chi connectivity index (χ1n) is 7.23. The third kappa shape index (κ3) is 3.81. The van der Waals surface area contributed by atoms with E-state index in [-0.39, 0.29) is 16.7 Å². The summed E-state index contributed by atoms with van der Waals surface area (Å²) in [6, 6.07) is 15.2. The van der Waals surface area contributed by atoms with Crippen LogP contribution in [0.25, 0.3) is 0 Å². The van der Waals surface area contributed by atoms with Crippen LogP contribution in [-0.2, 0) is 6.42 Å². The normalized spacial score (nSPS) is 11.9. The van der Waals surface area contributed by atoms with E-state index in [1.54, 1.807) is 12.1 Å². The lowest BCUT2D eigenvalue weighted by molar-refractivity contribution is -0.384. The molecule has 110 valence electrons. The van der Waals surface area contributed by atoms with E-state index in [2.05, 4.69) is 43.4 Å². The Hall–Kier alpha value is -2.36. The summed E-state index contributed by atoms with van der Waals surface area (Å²) in [4.78, 5) is 10.5. The maximum atomic E-state index is 10.9. The summed E-state index contributed by atoms with van der Waals surface area (Å²) in [5.74, 6) is 0. The maximum absolute atomic E-state index is 10.9. The van der Waals surface area contributed by atoms with Crippen molar-refractivity contribution in [1.29, 1.82) is 0 Å². The van der Waals surface area contributed by atoms with Crippen LogP contribution in [0.3, 0.4) is 0 Å². The number of benzene rings is 2. The summed E-state index contributed by atoms with van der Waals surface area (Å²) in [5.41, 5.74) is 3.40. The fourth-order valence-electron chi connectivity index (χ4n) is 2.31. The average Bonchev–Trinajstić information content (AvgIpc) is 2.53. The van der Waals surface area contributed by atoms with E-state index >= 15 is 0 Å². The first-order valence-corrected chi connectivity index (χ1v) is 7.23. The molecule has 4 nitrogen and oxygen atoms in total. The summed E-state index contributed by atoms with van der Waals surface area (Å²) in [6.45, 7) is 4.19. The van der Waals surface area contributed by atoms with E-state index in [1.807, 2.05) is 6.07 Å². The molecular formula is C17H20N2O2. The van der Waals surface area contributed by atoms with Gasteiger partial charge in [-0.3, -0.25) is 10.1 Å². The van der Waals surface area contributed by atoms with Gasteiger partial charge in [0.2, 0.25) is 0 Å². The van der Waals surface area contributed by atoms with Gasteiger partial charge < -0.3 is 5.32 Å². The SMILES string of the molecule is CCc1ccc(NC(CC)c2cccc([N+](=O)[O-])c2)cc1. The average molecular weight is 284 g/mol. The second-order valence-corrected chi connectivity index (χ2v) is 5.01. The molecule has 2 aromatic carbocycles. The number of non-ortho nitro benzene ring substituents is 1. The van der Waals surface area contributed by atoms with Crippen LogP contribution in [-0.4, -0.2) is 4.92 Å². The van der Waals surface area contributed by atoms with E-state index in [4.69, 9.17) is 0 Å². The fraction of sp³-hybridized carbons (Fsp3) is 0.294. The van der Waals surface area contributed by atoms with Gasteiger partial charge in [0.1, 0.15) is 0 Å². The van der Waals surface area contributed by atoms with Crippen molar-refractivity contribution in [2.45, 2.75) is 32.7 Å². The van der Waals surface area contributed by atoms with Crippen molar-refractivity contribution in [2.24, 2.45) is 0 Å². The van der Waals surface area contributed by atoms with Gasteiger partial charge in [-0.25, -0.2) is 0 Å². The minimum absolute atomic E-state index is 0.0670. The molecule has 1 unspecified atom stereocenters. The highest BCUT2D eigenvalue weighted by atomic mass is 16.6. The summed E-state index contributed by atoms with van der Waals surface area (Å²) < 4.78 is 0. The summed E-state index contributed by atoms with van der Waals surface area (Å²) >= 11 is 0. The number of nitrogens with zero attached hydrogens (tertiary/aromatic N) is 1. The van der Waals surface area contributed by atoms with Gasteiger partial charge in [-0.1, -0.05) is 38.1 Å². The Morgan fingerprint density at radius 3 is 2.43 bits per heavy atom. The Kier molecular flexibility index (Phi) is 4.93. The zero-order valence-corrected chi connectivity index (χ0v) is 12.4. The van der Waals surface area contributed by atoms with Gasteiger partial charge in [-0.15, -0.1) is 0 Å². The fourth-order valence-corrected chi connectivity index (χ4v) is 2.31. The Labute approximate surface area is 125 Å². The van der Waals surface area contributed by atoms with E-state index in [1.165, 1.54) is 11.6 Å². The van der Waals surface area contributed by atoms with Crippen LogP contribution < -0.4 is 5.32 Å². The van der Waals surface area contributed by atoms with Crippen LogP contribution in [0.5, 0.6) is 0 Å². The summed E-state index contributed by atoms with van der Waals surface area (Å²) in [6.07, 6.45) is 1.87. The number of nitro benzene ring substituents is 1. The maximum Gasteiger partial charge on any atom is 0.269 e. The van der Waals surface area contributed by atoms with E-state index in [0.29, 0.717) is 0 Å². The molecular weight excluding hydrogens is 264 g/mol. The minimum atomic E-state index is -0.355. The molecule has 0 fully saturated rings. The minimum Gasteiger partial charge on any atom is -0.378 e. The van der Waals surface area contributed by atoms with Crippen molar-refractivity contribution in [2.75, 3.05) is 5.32 Å². The largest absolute Gasteiger partial charge is 0.378 e. The highest BCUT2D eigenvalue weighted by Crippen LogP contribution is 2.25. The van der Waals surface area contributed by atoms with Gasteiger partial charge in [0.05, 0.1) is 11.0 Å². The highest BCUT2D eigenvalue weighted by Gasteiger charge is 2.13. The quantitative estimate of drug-likeness (QED) is 0.616. The molecule has 21 heavy (non-hydrogen) atoms. The number of anilines is 1. The number of hydrogen-bond donors (Lipinski definition) is 1. The molecule has 2 rings (SSSR count).